The summed E-state index contributed by atoms with van der Waals surface area (Å²) in [5.41, 5.74) is 5.39. The van der Waals surface area contributed by atoms with Gasteiger partial charge in [0.2, 0.25) is 0 Å². The van der Waals surface area contributed by atoms with Crippen molar-refractivity contribution in [2.24, 2.45) is 5.73 Å². The minimum absolute atomic E-state index is 0.0468. The predicted octanol–water partition coefficient (Wildman–Crippen LogP) is 21.9. The smallest absolute Gasteiger partial charge is 0.462 e. The van der Waals surface area contributed by atoms with Gasteiger partial charge in [-0.15, -0.1) is 0 Å². The Hall–Kier alpha value is -4.11. The highest BCUT2D eigenvalue weighted by atomic mass is 31.2. The van der Waals surface area contributed by atoms with Gasteiger partial charge in [-0.1, -0.05) is 288 Å². The third kappa shape index (κ3) is 66.9. The minimum atomic E-state index is -4.40. The number of unbranched alkanes of at least 4 members (excludes halogenated alkanes) is 24. The quantitative estimate of drug-likeness (QED) is 0.0264. The van der Waals surface area contributed by atoms with Crippen LogP contribution in [0.2, 0.25) is 0 Å². The molecule has 472 valence electrons. The normalized spacial score (nSPS) is 13.9. The average molecular weight is 1170 g/mol. The van der Waals surface area contributed by atoms with Crippen molar-refractivity contribution in [2.45, 2.75) is 277 Å². The summed E-state index contributed by atoms with van der Waals surface area (Å²) >= 11 is 0. The highest BCUT2D eigenvalue weighted by Crippen LogP contribution is 2.43. The first-order chi connectivity index (χ1) is 40.8. The zero-order valence-corrected chi connectivity index (χ0v) is 53.8. The van der Waals surface area contributed by atoms with Crippen LogP contribution in [0.4, 0.5) is 0 Å². The van der Waals surface area contributed by atoms with Crippen LogP contribution in [0.1, 0.15) is 271 Å². The highest BCUT2D eigenvalue weighted by Gasteiger charge is 2.26. The number of carbonyl (C=O) groups excluding carboxylic acids is 2. The van der Waals surface area contributed by atoms with Gasteiger partial charge in [0.05, 0.1) is 13.2 Å². The van der Waals surface area contributed by atoms with Crippen molar-refractivity contribution in [1.82, 2.24) is 0 Å². The molecule has 0 aromatic rings. The third-order valence-electron chi connectivity index (χ3n) is 13.7. The second-order valence-corrected chi connectivity index (χ2v) is 23.0. The summed E-state index contributed by atoms with van der Waals surface area (Å²) in [4.78, 5) is 35.3. The molecule has 0 heterocycles. The van der Waals surface area contributed by atoms with E-state index in [-0.39, 0.29) is 32.6 Å². The Balaban J connectivity index is 3.90. The zero-order chi connectivity index (χ0) is 60.1. The molecule has 9 nitrogen and oxygen atoms in total. The van der Waals surface area contributed by atoms with Gasteiger partial charge in [0.25, 0.3) is 0 Å². The Bertz CT molecular complexity index is 1870. The molecule has 0 aromatic heterocycles. The van der Waals surface area contributed by atoms with Gasteiger partial charge < -0.3 is 20.1 Å². The van der Waals surface area contributed by atoms with Crippen molar-refractivity contribution in [3.05, 3.63) is 146 Å². The molecule has 0 aliphatic rings. The van der Waals surface area contributed by atoms with Gasteiger partial charge in [-0.25, -0.2) is 4.57 Å². The van der Waals surface area contributed by atoms with Crippen LogP contribution in [-0.4, -0.2) is 49.3 Å². The van der Waals surface area contributed by atoms with E-state index >= 15 is 0 Å². The van der Waals surface area contributed by atoms with Gasteiger partial charge in [-0.3, -0.25) is 18.6 Å². The monoisotopic (exact) mass is 1170 g/mol. The number of esters is 2. The first-order valence-corrected chi connectivity index (χ1v) is 34.8. The molecule has 0 aliphatic carbocycles. The molecule has 0 saturated heterocycles. The molecule has 0 aliphatic heterocycles. The maximum atomic E-state index is 12.7. The van der Waals surface area contributed by atoms with Crippen LogP contribution in [0.3, 0.4) is 0 Å². The summed E-state index contributed by atoms with van der Waals surface area (Å²) in [5.74, 6) is -0.838. The van der Waals surface area contributed by atoms with E-state index < -0.39 is 32.5 Å². The number of hydrogen-bond acceptors (Lipinski definition) is 8. The van der Waals surface area contributed by atoms with Crippen LogP contribution in [0.5, 0.6) is 0 Å². The lowest BCUT2D eigenvalue weighted by atomic mass is 10.0. The van der Waals surface area contributed by atoms with Crippen LogP contribution in [0.15, 0.2) is 146 Å². The van der Waals surface area contributed by atoms with E-state index in [1.54, 1.807) is 0 Å². The number of hydrogen-bond donors (Lipinski definition) is 2. The molecule has 3 N–H and O–H groups in total. The zero-order valence-electron chi connectivity index (χ0n) is 52.9. The fraction of sp³-hybridized carbons (Fsp3) is 0.644. The predicted molar refractivity (Wildman–Crippen MR) is 357 cm³/mol. The molecule has 0 spiro atoms. The lowest BCUT2D eigenvalue weighted by molar-refractivity contribution is -0.161. The van der Waals surface area contributed by atoms with E-state index in [1.165, 1.54) is 109 Å². The van der Waals surface area contributed by atoms with E-state index in [2.05, 4.69) is 160 Å². The molecule has 0 fully saturated rings. The Morgan fingerprint density at radius 2 is 0.627 bits per heavy atom. The first kappa shape index (κ1) is 78.9. The van der Waals surface area contributed by atoms with Gasteiger partial charge in [-0.2, -0.15) is 0 Å². The minimum Gasteiger partial charge on any atom is -0.462 e. The first-order valence-electron chi connectivity index (χ1n) is 33.3. The molecule has 83 heavy (non-hydrogen) atoms. The molecule has 0 aromatic carbocycles. The van der Waals surface area contributed by atoms with Crippen molar-refractivity contribution in [3.8, 4) is 0 Å². The number of phosphoric acid groups is 1. The van der Waals surface area contributed by atoms with Crippen LogP contribution in [0, 0.1) is 0 Å². The number of phosphoric ester groups is 1. The van der Waals surface area contributed by atoms with E-state index in [1.807, 2.05) is 0 Å². The van der Waals surface area contributed by atoms with Crippen LogP contribution in [0.25, 0.3) is 0 Å². The molecular formula is C73H122NO8P. The lowest BCUT2D eigenvalue weighted by Crippen LogP contribution is -2.29. The fourth-order valence-corrected chi connectivity index (χ4v) is 9.64. The molecule has 0 amide bonds. The van der Waals surface area contributed by atoms with Crippen LogP contribution >= 0.6 is 7.82 Å². The van der Waals surface area contributed by atoms with Crippen molar-refractivity contribution >= 4 is 19.8 Å². The van der Waals surface area contributed by atoms with Crippen molar-refractivity contribution in [3.63, 3.8) is 0 Å². The van der Waals surface area contributed by atoms with Crippen LogP contribution < -0.4 is 5.73 Å². The summed E-state index contributed by atoms with van der Waals surface area (Å²) in [7, 11) is -4.40. The lowest BCUT2D eigenvalue weighted by Gasteiger charge is -2.19. The molecular weight excluding hydrogens is 1050 g/mol. The van der Waals surface area contributed by atoms with E-state index in [9.17, 15) is 19.0 Å². The average Bonchev–Trinajstić information content (AvgIpc) is 3.49. The highest BCUT2D eigenvalue weighted by molar-refractivity contribution is 7.47. The van der Waals surface area contributed by atoms with Gasteiger partial charge in [-0.05, 0) is 116 Å². The molecule has 2 unspecified atom stereocenters. The summed E-state index contributed by atoms with van der Waals surface area (Å²) < 4.78 is 33.1. The summed E-state index contributed by atoms with van der Waals surface area (Å²) in [6.45, 7) is 3.51. The maximum Gasteiger partial charge on any atom is 0.472 e. The molecule has 0 rings (SSSR count). The van der Waals surface area contributed by atoms with Crippen molar-refractivity contribution in [1.29, 1.82) is 0 Å². The van der Waals surface area contributed by atoms with Gasteiger partial charge in [0, 0.05) is 19.4 Å². The molecule has 2 atom stereocenters. The maximum absolute atomic E-state index is 12.7. The number of rotatable bonds is 61. The SMILES string of the molecule is CC/C=C\C/C=C\C/C=C\C/C=C\C/C=C\C/C=C\C/C=C\C/C=C\CCCCCCCCCCCCCCCCCCC(=O)OC(COC(=O)CCCCCCCCCC/C=C\C/C=C\C/C=C\C/C=C\CC)COP(=O)(O)OCCN. The largest absolute Gasteiger partial charge is 0.472 e. The van der Waals surface area contributed by atoms with Gasteiger partial charge in [0.1, 0.15) is 6.61 Å². The number of nitrogens with two attached hydrogens (primary N) is 1. The molecule has 10 heteroatoms. The van der Waals surface area contributed by atoms with Gasteiger partial charge in [0.15, 0.2) is 6.10 Å². The Morgan fingerprint density at radius 3 is 0.928 bits per heavy atom. The van der Waals surface area contributed by atoms with Gasteiger partial charge >= 0.3 is 19.8 Å². The summed E-state index contributed by atoms with van der Waals surface area (Å²) in [6.07, 6.45) is 96.4. The fourth-order valence-electron chi connectivity index (χ4n) is 8.88. The Kier molecular flexibility index (Phi) is 63.7. The van der Waals surface area contributed by atoms with E-state index in [0.29, 0.717) is 6.42 Å². The van der Waals surface area contributed by atoms with Crippen molar-refractivity contribution in [2.75, 3.05) is 26.4 Å². The summed E-state index contributed by atoms with van der Waals surface area (Å²) in [6, 6.07) is 0. The number of carbonyl (C=O) groups is 2. The number of ether oxygens (including phenoxy) is 2. The third-order valence-corrected chi connectivity index (χ3v) is 14.7. The molecule has 0 radical (unpaired) electrons. The Labute approximate surface area is 509 Å². The Morgan fingerprint density at radius 1 is 0.361 bits per heavy atom. The van der Waals surface area contributed by atoms with Crippen molar-refractivity contribution < 1.29 is 37.6 Å². The summed E-state index contributed by atoms with van der Waals surface area (Å²) in [5, 5.41) is 0. The van der Waals surface area contributed by atoms with Crippen LogP contribution in [-0.2, 0) is 32.7 Å². The van der Waals surface area contributed by atoms with E-state index in [0.717, 1.165) is 128 Å². The van der Waals surface area contributed by atoms with E-state index in [4.69, 9.17) is 24.3 Å². The standard InChI is InChI=1S/C73H122NO8P/c1-3-5-7-9-11-13-15-17-19-21-23-25-26-27-28-29-30-31-32-33-34-35-36-37-38-39-40-41-42-43-44-46-48-50-52-54-56-58-60-62-64-66-73(76)82-71(70-81-83(77,78)80-68-67-74)69-79-72(75)65-63-61-59-57-55-53-51-49-47-45-24-22-20-18-16-14-12-10-8-6-4-2/h5-8,11-14,17-20,23-25,27-28,30-31,33-34,36-37,45,71H,3-4,9-10,15-16,21-22,26,29,32,35,38-44,46-70,74H2,1-2H3,(H,77,78)/b7-5-,8-6-,13-11-,14-12-,19-17-,20-18-,25-23-,28-27-,31-30-,34-33-,37-36-,45-24-. The second kappa shape index (κ2) is 67.0. The number of allylic oxidation sites excluding steroid dienone is 24. The topological polar surface area (TPSA) is 134 Å². The molecule has 0 bridgehead atoms. The molecule has 0 saturated carbocycles. The second-order valence-electron chi connectivity index (χ2n) is 21.6.